The van der Waals surface area contributed by atoms with E-state index < -0.39 is 15.3 Å². The maximum absolute atomic E-state index is 12.0. The number of carbonyl (C=O) groups excluding carboxylic acids is 2. The number of halogens is 3. The standard InChI is InChI=1S/C12H12Cl3NO3S/c1-2-19-11(18)16-10(12(13,14)15)20-9(17)8-6-4-3-5-7-8/h3-7,10H,2H2,1H3,(H,16,18)/t10-/m1/s1. The van der Waals surface area contributed by atoms with Gasteiger partial charge in [-0.3, -0.25) is 4.79 Å². The van der Waals surface area contributed by atoms with Crippen molar-refractivity contribution >= 4 is 57.8 Å². The molecule has 0 unspecified atom stereocenters. The number of alkyl halides is 3. The molecule has 0 heterocycles. The summed E-state index contributed by atoms with van der Waals surface area (Å²) in [6.45, 7) is 1.82. The van der Waals surface area contributed by atoms with Crippen LogP contribution >= 0.6 is 46.6 Å². The van der Waals surface area contributed by atoms with Crippen LogP contribution in [-0.4, -0.2) is 27.0 Å². The van der Waals surface area contributed by atoms with Gasteiger partial charge in [-0.25, -0.2) is 4.79 Å². The molecule has 1 aromatic carbocycles. The van der Waals surface area contributed by atoms with E-state index in [1.807, 2.05) is 0 Å². The summed E-state index contributed by atoms with van der Waals surface area (Å²) in [5.41, 5.74) is 0.447. The maximum atomic E-state index is 12.0. The van der Waals surface area contributed by atoms with Gasteiger partial charge in [0.2, 0.25) is 8.91 Å². The predicted octanol–water partition coefficient (Wildman–Crippen LogP) is 4.00. The van der Waals surface area contributed by atoms with E-state index in [2.05, 4.69) is 5.32 Å². The van der Waals surface area contributed by atoms with Crippen LogP contribution in [0.4, 0.5) is 4.79 Å². The number of amides is 1. The molecule has 0 spiro atoms. The highest BCUT2D eigenvalue weighted by Crippen LogP contribution is 2.37. The van der Waals surface area contributed by atoms with Gasteiger partial charge < -0.3 is 10.1 Å². The summed E-state index contributed by atoms with van der Waals surface area (Å²) in [7, 11) is 0. The first kappa shape index (κ1) is 17.4. The largest absolute Gasteiger partial charge is 0.450 e. The Hall–Kier alpha value is -0.620. The van der Waals surface area contributed by atoms with Crippen molar-refractivity contribution in [3.05, 3.63) is 35.9 Å². The highest BCUT2D eigenvalue weighted by atomic mass is 35.6. The Kier molecular flexibility index (Phi) is 6.95. The average molecular weight is 357 g/mol. The summed E-state index contributed by atoms with van der Waals surface area (Å²) in [5, 5.41) is 0.967. The number of benzene rings is 1. The molecule has 4 nitrogen and oxygen atoms in total. The molecule has 1 N–H and O–H groups in total. The van der Waals surface area contributed by atoms with Crippen LogP contribution in [0.5, 0.6) is 0 Å². The zero-order valence-corrected chi connectivity index (χ0v) is 13.5. The smallest absolute Gasteiger partial charge is 0.408 e. The van der Waals surface area contributed by atoms with Gasteiger partial charge in [-0.05, 0) is 6.92 Å². The molecule has 8 heteroatoms. The lowest BCUT2D eigenvalue weighted by Gasteiger charge is -2.23. The van der Waals surface area contributed by atoms with Crippen LogP contribution < -0.4 is 5.32 Å². The first-order valence-electron chi connectivity index (χ1n) is 5.60. The van der Waals surface area contributed by atoms with Gasteiger partial charge in [0.05, 0.1) is 6.61 Å². The quantitative estimate of drug-likeness (QED) is 0.654. The number of rotatable bonds is 4. The lowest BCUT2D eigenvalue weighted by molar-refractivity contribution is 0.108. The molecule has 0 aliphatic rings. The van der Waals surface area contributed by atoms with Gasteiger partial charge in [0.25, 0.3) is 0 Å². The van der Waals surface area contributed by atoms with Gasteiger partial charge in [0.15, 0.2) is 0 Å². The van der Waals surface area contributed by atoms with Crippen molar-refractivity contribution in [2.24, 2.45) is 0 Å². The summed E-state index contributed by atoms with van der Waals surface area (Å²) in [4.78, 5) is 23.4. The normalized spacial score (nSPS) is 12.6. The third kappa shape index (κ3) is 5.79. The Morgan fingerprint density at radius 1 is 1.30 bits per heavy atom. The first-order chi connectivity index (χ1) is 9.34. The molecule has 0 aliphatic carbocycles. The molecule has 0 aliphatic heterocycles. The van der Waals surface area contributed by atoms with E-state index in [-0.39, 0.29) is 11.7 Å². The molecule has 1 atom stereocenters. The van der Waals surface area contributed by atoms with E-state index in [0.29, 0.717) is 17.3 Å². The number of alkyl carbamates (subject to hydrolysis) is 1. The highest BCUT2D eigenvalue weighted by Gasteiger charge is 2.37. The second-order valence-electron chi connectivity index (χ2n) is 3.56. The summed E-state index contributed by atoms with van der Waals surface area (Å²) < 4.78 is 2.86. The van der Waals surface area contributed by atoms with E-state index >= 15 is 0 Å². The Balaban J connectivity index is 2.75. The molecular weight excluding hydrogens is 345 g/mol. The van der Waals surface area contributed by atoms with Gasteiger partial charge in [0, 0.05) is 5.56 Å². The molecule has 1 amide bonds. The van der Waals surface area contributed by atoms with E-state index in [1.54, 1.807) is 37.3 Å². The number of carbonyl (C=O) groups is 2. The van der Waals surface area contributed by atoms with Crippen LogP contribution in [-0.2, 0) is 4.74 Å². The third-order valence-electron chi connectivity index (χ3n) is 2.06. The second kappa shape index (κ2) is 7.98. The number of hydrogen-bond acceptors (Lipinski definition) is 4. The minimum atomic E-state index is -1.85. The molecule has 0 radical (unpaired) electrons. The van der Waals surface area contributed by atoms with Crippen LogP contribution in [0.25, 0.3) is 0 Å². The minimum Gasteiger partial charge on any atom is -0.450 e. The SMILES string of the molecule is CCOC(=O)N[C@H](SC(=O)c1ccccc1)C(Cl)(Cl)Cl. The van der Waals surface area contributed by atoms with Crippen LogP contribution in [0.1, 0.15) is 17.3 Å². The van der Waals surface area contributed by atoms with E-state index in [9.17, 15) is 9.59 Å². The van der Waals surface area contributed by atoms with Crippen molar-refractivity contribution in [1.82, 2.24) is 5.32 Å². The average Bonchev–Trinajstić information content (AvgIpc) is 2.38. The van der Waals surface area contributed by atoms with E-state index in [4.69, 9.17) is 39.5 Å². The van der Waals surface area contributed by atoms with Crippen molar-refractivity contribution < 1.29 is 14.3 Å². The summed E-state index contributed by atoms with van der Waals surface area (Å²) >= 11 is 18.0. The maximum Gasteiger partial charge on any atom is 0.408 e. The van der Waals surface area contributed by atoms with Crippen molar-refractivity contribution in [2.45, 2.75) is 16.1 Å². The molecule has 20 heavy (non-hydrogen) atoms. The Labute approximate surface area is 136 Å². The van der Waals surface area contributed by atoms with Crippen molar-refractivity contribution in [3.8, 4) is 0 Å². The summed E-state index contributed by atoms with van der Waals surface area (Å²) in [6.07, 6.45) is -0.753. The molecule has 0 fully saturated rings. The monoisotopic (exact) mass is 355 g/mol. The number of ether oxygens (including phenoxy) is 1. The topological polar surface area (TPSA) is 55.4 Å². The lowest BCUT2D eigenvalue weighted by Crippen LogP contribution is -2.42. The van der Waals surface area contributed by atoms with E-state index in [1.165, 1.54) is 0 Å². The Morgan fingerprint density at radius 3 is 2.40 bits per heavy atom. The van der Waals surface area contributed by atoms with Crippen LogP contribution in [0.15, 0.2) is 30.3 Å². The third-order valence-corrected chi connectivity index (χ3v) is 4.26. The molecule has 0 saturated carbocycles. The Morgan fingerprint density at radius 2 is 1.90 bits per heavy atom. The van der Waals surface area contributed by atoms with Crippen LogP contribution in [0.3, 0.4) is 0 Å². The molecule has 0 saturated heterocycles. The number of hydrogen-bond donors (Lipinski definition) is 1. The number of nitrogens with one attached hydrogen (secondary N) is 1. The molecule has 1 rings (SSSR count). The molecule has 1 aromatic rings. The Bertz CT molecular complexity index is 465. The summed E-state index contributed by atoms with van der Waals surface area (Å²) in [5.74, 6) is 0. The van der Waals surface area contributed by atoms with Gasteiger partial charge in [-0.2, -0.15) is 0 Å². The number of thioether (sulfide) groups is 1. The zero-order chi connectivity index (χ0) is 15.2. The van der Waals surface area contributed by atoms with Gasteiger partial charge in [-0.1, -0.05) is 76.9 Å². The highest BCUT2D eigenvalue weighted by molar-refractivity contribution is 8.14. The van der Waals surface area contributed by atoms with Crippen molar-refractivity contribution in [3.63, 3.8) is 0 Å². The lowest BCUT2D eigenvalue weighted by atomic mass is 10.2. The summed E-state index contributed by atoms with van der Waals surface area (Å²) in [6, 6.07) is 8.49. The van der Waals surface area contributed by atoms with E-state index in [0.717, 1.165) is 0 Å². The van der Waals surface area contributed by atoms with Gasteiger partial charge in [0.1, 0.15) is 5.37 Å². The van der Waals surface area contributed by atoms with Crippen LogP contribution in [0, 0.1) is 0 Å². The predicted molar refractivity (Wildman–Crippen MR) is 82.6 cm³/mol. The van der Waals surface area contributed by atoms with Gasteiger partial charge in [-0.15, -0.1) is 0 Å². The molecular formula is C12H12Cl3NO3S. The second-order valence-corrected chi connectivity index (χ2v) is 7.00. The fourth-order valence-electron chi connectivity index (χ4n) is 1.21. The minimum absolute atomic E-state index is 0.176. The molecule has 0 aromatic heterocycles. The first-order valence-corrected chi connectivity index (χ1v) is 7.62. The molecule has 110 valence electrons. The van der Waals surface area contributed by atoms with Gasteiger partial charge >= 0.3 is 6.09 Å². The fraction of sp³-hybridized carbons (Fsp3) is 0.333. The van der Waals surface area contributed by atoms with Crippen LogP contribution in [0.2, 0.25) is 0 Å². The van der Waals surface area contributed by atoms with Crippen molar-refractivity contribution in [2.75, 3.05) is 6.61 Å². The fourth-order valence-corrected chi connectivity index (χ4v) is 2.55. The molecule has 0 bridgehead atoms. The zero-order valence-electron chi connectivity index (χ0n) is 10.4. The van der Waals surface area contributed by atoms with Crippen molar-refractivity contribution in [1.29, 1.82) is 0 Å².